The number of hydrogen-bond donors (Lipinski definition) is 0. The third kappa shape index (κ3) is 4.58. The number of ether oxygens (including phenoxy) is 2. The van der Waals surface area contributed by atoms with Gasteiger partial charge in [0.15, 0.2) is 0 Å². The quantitative estimate of drug-likeness (QED) is 0.840. The molecule has 1 aliphatic rings. The summed E-state index contributed by atoms with van der Waals surface area (Å²) in [5, 5.41) is 0. The van der Waals surface area contributed by atoms with Crippen LogP contribution in [0.5, 0.6) is 5.88 Å². The van der Waals surface area contributed by atoms with Gasteiger partial charge >= 0.3 is 6.09 Å². The van der Waals surface area contributed by atoms with Crippen molar-refractivity contribution in [3.63, 3.8) is 0 Å². The highest BCUT2D eigenvalue weighted by molar-refractivity contribution is 5.68. The Hall–Kier alpha value is -1.85. The van der Waals surface area contributed by atoms with Gasteiger partial charge in [0.2, 0.25) is 5.88 Å². The summed E-state index contributed by atoms with van der Waals surface area (Å²) < 4.78 is 11.4. The maximum Gasteiger partial charge on any atom is 0.410 e. The number of aromatic nitrogens is 2. The van der Waals surface area contributed by atoms with Crippen LogP contribution in [0.1, 0.15) is 46.2 Å². The summed E-state index contributed by atoms with van der Waals surface area (Å²) in [4.78, 5) is 22.2. The van der Waals surface area contributed by atoms with E-state index in [0.717, 1.165) is 18.5 Å². The van der Waals surface area contributed by atoms with Crippen molar-refractivity contribution in [1.82, 2.24) is 14.9 Å². The molecule has 0 spiro atoms. The molecule has 2 atom stereocenters. The number of carbonyl (C=O) groups excluding carboxylic acids is 1. The molecule has 0 bridgehead atoms. The molecular formula is C16H25N3O3. The Morgan fingerprint density at radius 2 is 2.05 bits per heavy atom. The summed E-state index contributed by atoms with van der Waals surface area (Å²) in [7, 11) is 0. The van der Waals surface area contributed by atoms with Crippen LogP contribution >= 0.6 is 0 Å². The molecular weight excluding hydrogens is 285 g/mol. The minimum absolute atomic E-state index is 0.0713. The summed E-state index contributed by atoms with van der Waals surface area (Å²) >= 11 is 0. The predicted octanol–water partition coefficient (Wildman–Crippen LogP) is 2.95. The molecule has 2 heterocycles. The molecule has 0 unspecified atom stereocenters. The van der Waals surface area contributed by atoms with Gasteiger partial charge < -0.3 is 14.4 Å². The Bertz CT molecular complexity index is 528. The summed E-state index contributed by atoms with van der Waals surface area (Å²) in [6, 6.07) is 1.96. The number of carbonyl (C=O) groups is 1. The van der Waals surface area contributed by atoms with Gasteiger partial charge in [-0.3, -0.25) is 0 Å². The number of rotatable bonds is 2. The van der Waals surface area contributed by atoms with E-state index in [2.05, 4.69) is 9.97 Å². The first-order chi connectivity index (χ1) is 10.2. The fourth-order valence-corrected chi connectivity index (χ4v) is 2.41. The molecule has 122 valence electrons. The van der Waals surface area contributed by atoms with Crippen molar-refractivity contribution in [3.8, 4) is 5.88 Å². The topological polar surface area (TPSA) is 64.6 Å². The van der Waals surface area contributed by atoms with E-state index in [1.807, 2.05) is 34.6 Å². The highest BCUT2D eigenvalue weighted by Crippen LogP contribution is 2.23. The Labute approximate surface area is 131 Å². The number of piperidine rings is 1. The molecule has 0 aliphatic carbocycles. The number of aryl methyl sites for hydroxylation is 1. The van der Waals surface area contributed by atoms with Crippen LogP contribution in [0.15, 0.2) is 12.4 Å². The second kappa shape index (κ2) is 6.50. The average molecular weight is 310 g/mol. The fourth-order valence-electron chi connectivity index (χ4n) is 2.41. The van der Waals surface area contributed by atoms with Crippen LogP contribution in [0.4, 0.5) is 4.79 Å². The van der Waals surface area contributed by atoms with Crippen molar-refractivity contribution >= 4 is 6.09 Å². The molecule has 0 aromatic carbocycles. The lowest BCUT2D eigenvalue weighted by molar-refractivity contribution is -0.00601. The number of hydrogen-bond acceptors (Lipinski definition) is 5. The molecule has 0 saturated carbocycles. The molecule has 1 aliphatic heterocycles. The minimum atomic E-state index is -0.492. The van der Waals surface area contributed by atoms with Gasteiger partial charge in [-0.1, -0.05) is 0 Å². The van der Waals surface area contributed by atoms with Gasteiger partial charge in [-0.15, -0.1) is 0 Å². The minimum Gasteiger partial charge on any atom is -0.472 e. The largest absolute Gasteiger partial charge is 0.472 e. The molecule has 1 aromatic rings. The van der Waals surface area contributed by atoms with E-state index in [-0.39, 0.29) is 18.2 Å². The van der Waals surface area contributed by atoms with Crippen LogP contribution < -0.4 is 4.74 Å². The summed E-state index contributed by atoms with van der Waals surface area (Å²) in [5.41, 5.74) is 0.368. The summed E-state index contributed by atoms with van der Waals surface area (Å²) in [5.74, 6) is 0.552. The molecule has 1 aromatic heterocycles. The van der Waals surface area contributed by atoms with Crippen LogP contribution in [-0.4, -0.2) is 45.3 Å². The number of nitrogens with zero attached hydrogens (tertiary/aromatic N) is 3. The first kappa shape index (κ1) is 16.5. The standard InChI is InChI=1S/C16H25N3O3/c1-11-8-14(18-10-17-11)21-13-7-6-12(2)19(9-13)15(20)22-16(3,4)5/h8,10,12-13H,6-7,9H2,1-5H3/t12-,13+/m0/s1/i8+1,11+1,14+1. The first-order valence-electron chi connectivity index (χ1n) is 7.69. The first-order valence-corrected chi connectivity index (χ1v) is 7.69. The summed E-state index contributed by atoms with van der Waals surface area (Å²) in [6.45, 7) is 10.1. The zero-order chi connectivity index (χ0) is 16.3. The highest BCUT2D eigenvalue weighted by atomic mass is 16.6. The Morgan fingerprint density at radius 3 is 2.68 bits per heavy atom. The van der Waals surface area contributed by atoms with Gasteiger partial charge in [0.25, 0.3) is 0 Å². The van der Waals surface area contributed by atoms with Crippen molar-refractivity contribution in [3.05, 3.63) is 18.1 Å². The average Bonchev–Trinajstić information content (AvgIpc) is 2.39. The lowest BCUT2D eigenvalue weighted by Gasteiger charge is -2.38. The van der Waals surface area contributed by atoms with E-state index >= 15 is 0 Å². The van der Waals surface area contributed by atoms with E-state index < -0.39 is 5.60 Å². The van der Waals surface area contributed by atoms with Gasteiger partial charge in [-0.05, 0) is 47.5 Å². The monoisotopic (exact) mass is 310 g/mol. The zero-order valence-corrected chi connectivity index (χ0v) is 14.0. The highest BCUT2D eigenvalue weighted by Gasteiger charge is 2.33. The van der Waals surface area contributed by atoms with E-state index in [9.17, 15) is 4.79 Å². The predicted molar refractivity (Wildman–Crippen MR) is 82.8 cm³/mol. The van der Waals surface area contributed by atoms with Crippen LogP contribution in [0.2, 0.25) is 0 Å². The van der Waals surface area contributed by atoms with Crippen molar-refractivity contribution < 1.29 is 14.3 Å². The third-order valence-electron chi connectivity index (χ3n) is 3.53. The van der Waals surface area contributed by atoms with Crippen molar-refractivity contribution in [2.45, 2.75) is 65.2 Å². The van der Waals surface area contributed by atoms with Gasteiger partial charge in [0.05, 0.1) is 6.54 Å². The molecule has 1 fully saturated rings. The molecule has 2 rings (SSSR count). The fraction of sp³-hybridized carbons (Fsp3) is 0.688. The second-order valence-corrected chi connectivity index (χ2v) is 6.80. The Morgan fingerprint density at radius 1 is 1.32 bits per heavy atom. The molecule has 0 N–H and O–H groups in total. The van der Waals surface area contributed by atoms with Crippen LogP contribution in [-0.2, 0) is 4.74 Å². The number of likely N-dealkylation sites (tertiary alicyclic amines) is 1. The van der Waals surface area contributed by atoms with E-state index in [1.54, 1.807) is 11.0 Å². The van der Waals surface area contributed by atoms with Gasteiger partial charge in [-0.2, -0.15) is 0 Å². The molecule has 0 radical (unpaired) electrons. The SMILES string of the molecule is C[C@H]1CC[C@@H](O[13c]2[13cH][13c](C)ncn2)CN1C(=O)OC(C)(C)C. The lowest BCUT2D eigenvalue weighted by Crippen LogP contribution is -2.50. The summed E-state index contributed by atoms with van der Waals surface area (Å²) in [6.07, 6.45) is 2.91. The van der Waals surface area contributed by atoms with Gasteiger partial charge in [-0.25, -0.2) is 14.8 Å². The molecule has 22 heavy (non-hydrogen) atoms. The number of amides is 1. The van der Waals surface area contributed by atoms with E-state index in [4.69, 9.17) is 9.47 Å². The molecule has 1 amide bonds. The zero-order valence-electron chi connectivity index (χ0n) is 14.0. The van der Waals surface area contributed by atoms with Gasteiger partial charge in [0.1, 0.15) is 18.0 Å². The maximum absolute atomic E-state index is 12.3. The van der Waals surface area contributed by atoms with Crippen LogP contribution in [0, 0.1) is 6.92 Å². The van der Waals surface area contributed by atoms with Crippen molar-refractivity contribution in [2.24, 2.45) is 0 Å². The van der Waals surface area contributed by atoms with Crippen LogP contribution in [0.25, 0.3) is 0 Å². The Kier molecular flexibility index (Phi) is 4.88. The normalized spacial score (nSPS) is 22.3. The smallest absolute Gasteiger partial charge is 0.410 e. The van der Waals surface area contributed by atoms with E-state index in [1.165, 1.54) is 6.33 Å². The van der Waals surface area contributed by atoms with Crippen molar-refractivity contribution in [1.29, 1.82) is 0 Å². The molecule has 1 saturated heterocycles. The van der Waals surface area contributed by atoms with Crippen molar-refractivity contribution in [2.75, 3.05) is 6.54 Å². The van der Waals surface area contributed by atoms with E-state index in [0.29, 0.717) is 12.4 Å². The maximum atomic E-state index is 12.3. The third-order valence-corrected chi connectivity index (χ3v) is 3.53. The Balaban J connectivity index is 2.00. The van der Waals surface area contributed by atoms with Crippen LogP contribution in [0.3, 0.4) is 0 Å². The lowest BCUT2D eigenvalue weighted by atomic mass is 10.0. The molecule has 6 nitrogen and oxygen atoms in total. The van der Waals surface area contributed by atoms with Gasteiger partial charge in [0, 0.05) is 17.8 Å². The molecule has 6 heteroatoms. The second-order valence-electron chi connectivity index (χ2n) is 6.80.